The summed E-state index contributed by atoms with van der Waals surface area (Å²) in [5.74, 6) is -1.84. The number of nitrogens with two attached hydrogens (primary N) is 1. The number of hydrogen-bond acceptors (Lipinski definition) is 5. The molecule has 6 rings (SSSR count). The van der Waals surface area contributed by atoms with Crippen LogP contribution in [0.5, 0.6) is 0 Å². The van der Waals surface area contributed by atoms with E-state index in [0.29, 0.717) is 18.5 Å². The molecule has 1 spiro atoms. The van der Waals surface area contributed by atoms with E-state index in [1.54, 1.807) is 0 Å². The molecule has 3 aromatic rings. The van der Waals surface area contributed by atoms with Gasteiger partial charge in [-0.05, 0) is 68.4 Å². The first-order valence-electron chi connectivity index (χ1n) is 12.6. The van der Waals surface area contributed by atoms with Gasteiger partial charge in [0.2, 0.25) is 0 Å². The number of nitrogens with zero attached hydrogens (tertiary/aromatic N) is 5. The Morgan fingerprint density at radius 1 is 0.857 bits per heavy atom. The zero-order valence-electron chi connectivity index (χ0n) is 20.2. The van der Waals surface area contributed by atoms with Gasteiger partial charge in [0.1, 0.15) is 5.82 Å². The fraction of sp³-hybridized carbons (Fsp3) is 0.481. The van der Waals surface area contributed by atoms with Crippen molar-refractivity contribution in [3.8, 4) is 16.9 Å². The molecule has 0 radical (unpaired) electrons. The van der Waals surface area contributed by atoms with Crippen molar-refractivity contribution in [1.82, 2.24) is 14.5 Å². The quantitative estimate of drug-likeness (QED) is 0.506. The zero-order chi connectivity index (χ0) is 24.2. The predicted molar refractivity (Wildman–Crippen MR) is 135 cm³/mol. The highest BCUT2D eigenvalue weighted by Gasteiger charge is 2.44. The summed E-state index contributed by atoms with van der Waals surface area (Å²) in [5.41, 5.74) is 12.4. The summed E-state index contributed by atoms with van der Waals surface area (Å²) >= 11 is 0. The number of alkyl halides is 2. The van der Waals surface area contributed by atoms with E-state index in [-0.39, 0.29) is 12.8 Å². The van der Waals surface area contributed by atoms with Gasteiger partial charge in [0.15, 0.2) is 0 Å². The van der Waals surface area contributed by atoms with E-state index in [1.165, 1.54) is 25.7 Å². The maximum absolute atomic E-state index is 13.6. The van der Waals surface area contributed by atoms with Crippen molar-refractivity contribution in [2.24, 2.45) is 5.41 Å². The van der Waals surface area contributed by atoms with E-state index in [0.717, 1.165) is 52.9 Å². The minimum absolute atomic E-state index is 0.135. The molecule has 2 N–H and O–H groups in total. The molecule has 2 aromatic heterocycles. The summed E-state index contributed by atoms with van der Waals surface area (Å²) in [5, 5.41) is 0. The Morgan fingerprint density at radius 3 is 2.29 bits per heavy atom. The van der Waals surface area contributed by atoms with E-state index in [2.05, 4.69) is 26.6 Å². The molecule has 6 nitrogen and oxygen atoms in total. The van der Waals surface area contributed by atoms with Gasteiger partial charge in [-0.3, -0.25) is 0 Å². The number of aryl methyl sites for hydroxylation is 1. The molecule has 35 heavy (non-hydrogen) atoms. The summed E-state index contributed by atoms with van der Waals surface area (Å²) in [7, 11) is 0. The number of anilines is 3. The SMILES string of the molecule is Cc1cc(-c2cn(-c3ccc(N)cc3N3CCC4(CC3)CC4)cn2)cc(N2CCC(F)(F)CC2)n1. The van der Waals surface area contributed by atoms with Crippen LogP contribution in [0, 0.1) is 12.3 Å². The van der Waals surface area contributed by atoms with Crippen molar-refractivity contribution in [2.75, 3.05) is 41.7 Å². The predicted octanol–water partition coefficient (Wildman–Crippen LogP) is 5.44. The molecule has 3 fully saturated rings. The van der Waals surface area contributed by atoms with Crippen LogP contribution in [0.4, 0.5) is 26.0 Å². The molecule has 0 atom stereocenters. The van der Waals surface area contributed by atoms with Crippen molar-refractivity contribution in [1.29, 1.82) is 0 Å². The van der Waals surface area contributed by atoms with E-state index in [4.69, 9.17) is 10.7 Å². The third-order valence-corrected chi connectivity index (χ3v) is 8.04. The first kappa shape index (κ1) is 22.3. The van der Waals surface area contributed by atoms with Crippen LogP contribution in [-0.4, -0.2) is 46.6 Å². The molecule has 1 aliphatic carbocycles. The number of halogens is 2. The lowest BCUT2D eigenvalue weighted by molar-refractivity contribution is -0.0221. The molecule has 4 heterocycles. The fourth-order valence-corrected chi connectivity index (χ4v) is 5.54. The molecule has 2 aliphatic heterocycles. The molecule has 0 amide bonds. The lowest BCUT2D eigenvalue weighted by Gasteiger charge is -2.35. The molecule has 2 saturated heterocycles. The maximum Gasteiger partial charge on any atom is 0.251 e. The smallest absolute Gasteiger partial charge is 0.251 e. The maximum atomic E-state index is 13.6. The second kappa shape index (κ2) is 8.21. The van der Waals surface area contributed by atoms with E-state index in [1.807, 2.05) is 42.5 Å². The number of nitrogen functional groups attached to an aromatic ring is 1. The van der Waals surface area contributed by atoms with Crippen LogP contribution < -0.4 is 15.5 Å². The topological polar surface area (TPSA) is 63.2 Å². The van der Waals surface area contributed by atoms with Gasteiger partial charge < -0.3 is 20.1 Å². The van der Waals surface area contributed by atoms with E-state index >= 15 is 0 Å². The van der Waals surface area contributed by atoms with Crippen molar-refractivity contribution >= 4 is 17.2 Å². The number of benzene rings is 1. The lowest BCUT2D eigenvalue weighted by Crippen LogP contribution is -2.39. The number of pyridine rings is 1. The second-order valence-electron chi connectivity index (χ2n) is 10.6. The Bertz CT molecular complexity index is 1230. The monoisotopic (exact) mass is 478 g/mol. The molecule has 184 valence electrons. The molecule has 3 aliphatic rings. The Balaban J connectivity index is 1.28. The molecular formula is C27H32F2N6. The van der Waals surface area contributed by atoms with Gasteiger partial charge in [0, 0.05) is 62.2 Å². The van der Waals surface area contributed by atoms with Gasteiger partial charge in [0.05, 0.1) is 23.4 Å². The van der Waals surface area contributed by atoms with Crippen LogP contribution in [0.2, 0.25) is 0 Å². The van der Waals surface area contributed by atoms with Crippen LogP contribution in [0.1, 0.15) is 44.2 Å². The van der Waals surface area contributed by atoms with Crippen molar-refractivity contribution < 1.29 is 8.78 Å². The van der Waals surface area contributed by atoms with Crippen LogP contribution in [0.3, 0.4) is 0 Å². The summed E-state index contributed by atoms with van der Waals surface area (Å²) in [6.45, 7) is 4.66. The molecular weight excluding hydrogens is 446 g/mol. The Hall–Kier alpha value is -3.16. The number of rotatable bonds is 4. The van der Waals surface area contributed by atoms with Gasteiger partial charge in [-0.15, -0.1) is 0 Å². The standard InChI is InChI=1S/C27H32F2N6/c1-19-14-20(15-25(32-19)34-12-8-27(28,29)9-13-34)22-17-35(18-31-22)23-3-2-21(30)16-24(23)33-10-6-26(4-5-26)7-11-33/h2-3,14-18H,4-13,30H2,1H3. The number of piperidine rings is 2. The summed E-state index contributed by atoms with van der Waals surface area (Å²) in [6, 6.07) is 10.0. The Kier molecular flexibility index (Phi) is 5.23. The van der Waals surface area contributed by atoms with Crippen molar-refractivity contribution in [3.63, 3.8) is 0 Å². The molecule has 0 unspecified atom stereocenters. The van der Waals surface area contributed by atoms with Crippen molar-refractivity contribution in [3.05, 3.63) is 48.5 Å². The van der Waals surface area contributed by atoms with Gasteiger partial charge in [0.25, 0.3) is 5.92 Å². The van der Waals surface area contributed by atoms with E-state index < -0.39 is 5.92 Å². The fourth-order valence-electron chi connectivity index (χ4n) is 5.54. The van der Waals surface area contributed by atoms with Crippen LogP contribution in [-0.2, 0) is 0 Å². The highest BCUT2D eigenvalue weighted by Crippen LogP contribution is 2.54. The van der Waals surface area contributed by atoms with Crippen LogP contribution >= 0.6 is 0 Å². The highest BCUT2D eigenvalue weighted by molar-refractivity contribution is 5.70. The highest BCUT2D eigenvalue weighted by atomic mass is 19.3. The first-order valence-corrected chi connectivity index (χ1v) is 12.6. The summed E-state index contributed by atoms with van der Waals surface area (Å²) < 4.78 is 29.3. The summed E-state index contributed by atoms with van der Waals surface area (Å²) in [4.78, 5) is 13.7. The average molecular weight is 479 g/mol. The third-order valence-electron chi connectivity index (χ3n) is 8.04. The normalized spacial score (nSPS) is 20.9. The van der Waals surface area contributed by atoms with Gasteiger partial charge in [-0.1, -0.05) is 0 Å². The van der Waals surface area contributed by atoms with Crippen LogP contribution in [0.15, 0.2) is 42.9 Å². The number of hydrogen-bond donors (Lipinski definition) is 1. The third kappa shape index (κ3) is 4.46. The first-order chi connectivity index (χ1) is 16.8. The zero-order valence-corrected chi connectivity index (χ0v) is 20.2. The summed E-state index contributed by atoms with van der Waals surface area (Å²) in [6.07, 6.45) is 8.85. The van der Waals surface area contributed by atoms with Gasteiger partial charge in [-0.2, -0.15) is 0 Å². The average Bonchev–Trinajstić information content (AvgIpc) is 3.39. The molecule has 8 heteroatoms. The Morgan fingerprint density at radius 2 is 1.57 bits per heavy atom. The lowest BCUT2D eigenvalue weighted by atomic mass is 9.93. The molecule has 0 bridgehead atoms. The van der Waals surface area contributed by atoms with Crippen LogP contribution in [0.25, 0.3) is 16.9 Å². The number of imidazole rings is 1. The van der Waals surface area contributed by atoms with Gasteiger partial charge in [-0.25, -0.2) is 18.7 Å². The van der Waals surface area contributed by atoms with Crippen molar-refractivity contribution in [2.45, 2.75) is 51.4 Å². The Labute approximate surface area is 204 Å². The minimum Gasteiger partial charge on any atom is -0.399 e. The minimum atomic E-state index is -2.58. The molecule has 1 aromatic carbocycles. The van der Waals surface area contributed by atoms with Gasteiger partial charge >= 0.3 is 0 Å². The second-order valence-corrected chi connectivity index (χ2v) is 10.6. The number of aromatic nitrogens is 3. The largest absolute Gasteiger partial charge is 0.399 e. The van der Waals surface area contributed by atoms with E-state index in [9.17, 15) is 8.78 Å². The molecule has 1 saturated carbocycles.